The van der Waals surface area contributed by atoms with E-state index in [1.807, 2.05) is 45.9 Å². The predicted octanol–water partition coefficient (Wildman–Crippen LogP) is 5.13. The average Bonchev–Trinajstić information content (AvgIpc) is 3.46. The Hall–Kier alpha value is -4.45. The molecule has 0 spiro atoms. The number of alkyl carbamates (subject to hydrolysis) is 1. The van der Waals surface area contributed by atoms with Gasteiger partial charge in [0.05, 0.1) is 24.6 Å². The molecule has 3 heterocycles. The van der Waals surface area contributed by atoms with Gasteiger partial charge in [-0.05, 0) is 65.7 Å². The van der Waals surface area contributed by atoms with Crippen molar-refractivity contribution in [3.63, 3.8) is 0 Å². The Morgan fingerprint density at radius 3 is 2.43 bits per heavy atom. The van der Waals surface area contributed by atoms with Crippen LogP contribution in [0.4, 0.5) is 9.59 Å². The monoisotopic (exact) mass is 742 g/mol. The lowest BCUT2D eigenvalue weighted by molar-refractivity contribution is -0.144. The lowest BCUT2D eigenvalue weighted by Crippen LogP contribution is -2.66. The van der Waals surface area contributed by atoms with Crippen LogP contribution in [0.5, 0.6) is 0 Å². The molecule has 12 heteroatoms. The molecule has 5 aliphatic rings. The van der Waals surface area contributed by atoms with Crippen LogP contribution in [0.2, 0.25) is 0 Å². The van der Waals surface area contributed by atoms with E-state index in [1.165, 1.54) is 10.5 Å². The third-order valence-electron chi connectivity index (χ3n) is 12.6. The Kier molecular flexibility index (Phi) is 10.3. The second-order valence-electron chi connectivity index (χ2n) is 17.0. The van der Waals surface area contributed by atoms with Crippen molar-refractivity contribution in [3.05, 3.63) is 70.8 Å². The third kappa shape index (κ3) is 6.86. The number of aryl methyl sites for hydroxylation is 1. The van der Waals surface area contributed by atoms with Crippen LogP contribution in [0.3, 0.4) is 0 Å². The molecule has 0 aromatic heterocycles. The topological polar surface area (TPSA) is 155 Å². The summed E-state index contributed by atoms with van der Waals surface area (Å²) >= 11 is 0. The number of carbonyl (C=O) groups is 5. The van der Waals surface area contributed by atoms with Crippen LogP contribution in [0, 0.1) is 17.3 Å². The van der Waals surface area contributed by atoms with E-state index in [4.69, 9.17) is 9.47 Å². The summed E-state index contributed by atoms with van der Waals surface area (Å²) in [7, 11) is 0. The minimum atomic E-state index is -1.72. The highest BCUT2D eigenvalue weighted by atomic mass is 16.6. The Morgan fingerprint density at radius 2 is 1.72 bits per heavy atom. The summed E-state index contributed by atoms with van der Waals surface area (Å²) in [5.41, 5.74) is 0.423. The van der Waals surface area contributed by atoms with E-state index in [-0.39, 0.29) is 31.3 Å². The first kappa shape index (κ1) is 37.8. The zero-order chi connectivity index (χ0) is 38.4. The molecule has 3 aliphatic heterocycles. The van der Waals surface area contributed by atoms with Gasteiger partial charge in [-0.3, -0.25) is 19.3 Å². The average molecular weight is 743 g/mol. The molecule has 54 heavy (non-hydrogen) atoms. The lowest BCUT2D eigenvalue weighted by Gasteiger charge is -2.51. The number of benzene rings is 2. The molecule has 2 saturated carbocycles. The fraction of sp³-hybridized carbons (Fsp3) is 0.595. The minimum absolute atomic E-state index is 0.0328. The number of nitrogens with one attached hydrogen (secondary N) is 2. The fourth-order valence-electron chi connectivity index (χ4n) is 9.42. The van der Waals surface area contributed by atoms with Crippen LogP contribution in [-0.4, -0.2) is 81.6 Å². The van der Waals surface area contributed by atoms with E-state index in [2.05, 4.69) is 16.7 Å². The molecule has 7 rings (SSSR count). The summed E-state index contributed by atoms with van der Waals surface area (Å²) in [6.07, 6.45) is 4.33. The quantitative estimate of drug-likeness (QED) is 0.381. The summed E-state index contributed by atoms with van der Waals surface area (Å²) < 4.78 is 11.6. The number of ether oxygens (including phenoxy) is 2. The molecule has 1 saturated heterocycles. The molecule has 2 aromatic rings. The number of cyclic esters (lactones) is 1. The van der Waals surface area contributed by atoms with Gasteiger partial charge in [-0.2, -0.15) is 0 Å². The molecule has 2 aromatic carbocycles. The zero-order valence-electron chi connectivity index (χ0n) is 31.9. The second kappa shape index (κ2) is 14.7. The maximum absolute atomic E-state index is 14.6. The highest BCUT2D eigenvalue weighted by Crippen LogP contribution is 2.61. The standard InChI is InChI=1S/C42H54N4O8/c1-5-28-19-20-41(28,33-35(47)42(33,52)29-17-10-8-11-18-29)44-36(48)32-22-30-24-46(32)37(49)34(40(2,3)4)43-38(50)53-21-12-7-6-9-14-26-15-13-16-27-23-45(25-31(26)27)39(51)54-30/h8,10-11,13,15-18,28,30,32-34,52H,5-7,9,12,14,19-25H2,1-4H3,(H,43,50)(H,44,48)/t28-,30-,32+,33?,34-,41-,42?/m1/s1. The minimum Gasteiger partial charge on any atom is -0.450 e. The number of nitrogens with zero attached hydrogens (tertiary/aromatic N) is 2. The molecule has 3 N–H and O–H groups in total. The molecule has 12 nitrogen and oxygen atoms in total. The maximum Gasteiger partial charge on any atom is 0.410 e. The Labute approximate surface area is 317 Å². The normalized spacial score (nSPS) is 31.9. The Bertz CT molecular complexity index is 1790. The summed E-state index contributed by atoms with van der Waals surface area (Å²) in [6, 6.07) is 12.9. The summed E-state index contributed by atoms with van der Waals surface area (Å²) in [6.45, 7) is 8.49. The van der Waals surface area contributed by atoms with Crippen molar-refractivity contribution in [2.24, 2.45) is 17.3 Å². The van der Waals surface area contributed by atoms with Gasteiger partial charge >= 0.3 is 12.2 Å². The maximum atomic E-state index is 14.6. The molecule has 3 fully saturated rings. The van der Waals surface area contributed by atoms with E-state index in [0.717, 1.165) is 43.2 Å². The number of ketones is 1. The summed E-state index contributed by atoms with van der Waals surface area (Å²) in [5.74, 6) is -2.22. The van der Waals surface area contributed by atoms with Crippen molar-refractivity contribution >= 4 is 29.8 Å². The molecule has 0 radical (unpaired) electrons. The molecular weight excluding hydrogens is 688 g/mol. The van der Waals surface area contributed by atoms with Crippen LogP contribution >= 0.6 is 0 Å². The van der Waals surface area contributed by atoms with Crippen LogP contribution in [0.25, 0.3) is 0 Å². The number of aliphatic hydroxyl groups is 1. The number of carbonyl (C=O) groups excluding carboxylic acids is 5. The van der Waals surface area contributed by atoms with Crippen LogP contribution < -0.4 is 10.6 Å². The highest BCUT2D eigenvalue weighted by molar-refractivity contribution is 6.09. The van der Waals surface area contributed by atoms with Crippen LogP contribution in [0.15, 0.2) is 48.5 Å². The van der Waals surface area contributed by atoms with Gasteiger partial charge < -0.3 is 30.1 Å². The van der Waals surface area contributed by atoms with E-state index >= 15 is 0 Å². The SMILES string of the molecule is CC[C@@H]1CC[C@]1(NC(=O)[C@@H]1C[C@@H]2CN1C(=O)[C@H](C(C)(C)C)NC(=O)OCCCCCCc1cccc3c1CN(C3)C(=O)O2)C1C(=O)C1(O)c1ccccc1. The third-order valence-corrected chi connectivity index (χ3v) is 12.6. The van der Waals surface area contributed by atoms with Crippen molar-refractivity contribution in [3.8, 4) is 0 Å². The van der Waals surface area contributed by atoms with Gasteiger partial charge in [0.2, 0.25) is 11.8 Å². The molecule has 4 bridgehead atoms. The molecule has 290 valence electrons. The van der Waals surface area contributed by atoms with E-state index in [9.17, 15) is 29.1 Å². The molecular formula is C42H54N4O8. The van der Waals surface area contributed by atoms with Gasteiger partial charge in [0.25, 0.3) is 0 Å². The largest absolute Gasteiger partial charge is 0.450 e. The number of hydrogen-bond donors (Lipinski definition) is 3. The van der Waals surface area contributed by atoms with E-state index in [0.29, 0.717) is 37.9 Å². The van der Waals surface area contributed by atoms with Gasteiger partial charge in [0.1, 0.15) is 18.2 Å². The van der Waals surface area contributed by atoms with Crippen LogP contribution in [0.1, 0.15) is 101 Å². The van der Waals surface area contributed by atoms with Gasteiger partial charge in [0, 0.05) is 19.5 Å². The number of rotatable bonds is 5. The number of Topliss-reactive ketones (excluding diaryl/α,β-unsaturated/α-hetero) is 1. The van der Waals surface area contributed by atoms with E-state index in [1.54, 1.807) is 29.2 Å². The van der Waals surface area contributed by atoms with Crippen molar-refractivity contribution in [2.45, 2.75) is 128 Å². The predicted molar refractivity (Wildman–Crippen MR) is 199 cm³/mol. The Balaban J connectivity index is 1.18. The molecule has 2 aliphatic carbocycles. The number of hydrogen-bond acceptors (Lipinski definition) is 8. The van der Waals surface area contributed by atoms with Crippen LogP contribution in [-0.2, 0) is 49.0 Å². The highest BCUT2D eigenvalue weighted by Gasteiger charge is 2.76. The fourth-order valence-corrected chi connectivity index (χ4v) is 9.42. The van der Waals surface area contributed by atoms with Crippen molar-refractivity contribution in [2.75, 3.05) is 13.2 Å². The first-order valence-corrected chi connectivity index (χ1v) is 19.7. The van der Waals surface area contributed by atoms with Crippen molar-refractivity contribution in [1.29, 1.82) is 0 Å². The second-order valence-corrected chi connectivity index (χ2v) is 17.0. The molecule has 4 amide bonds. The lowest BCUT2D eigenvalue weighted by atomic mass is 9.61. The summed E-state index contributed by atoms with van der Waals surface area (Å²) in [5, 5.41) is 17.7. The van der Waals surface area contributed by atoms with Gasteiger partial charge in [-0.25, -0.2) is 9.59 Å². The van der Waals surface area contributed by atoms with Crippen molar-refractivity contribution < 1.29 is 38.6 Å². The summed E-state index contributed by atoms with van der Waals surface area (Å²) in [4.78, 5) is 72.7. The van der Waals surface area contributed by atoms with Gasteiger partial charge in [0.15, 0.2) is 11.4 Å². The van der Waals surface area contributed by atoms with Gasteiger partial charge in [-0.1, -0.05) is 95.5 Å². The number of amides is 4. The smallest absolute Gasteiger partial charge is 0.410 e. The van der Waals surface area contributed by atoms with Crippen molar-refractivity contribution in [1.82, 2.24) is 20.4 Å². The van der Waals surface area contributed by atoms with E-state index < -0.39 is 64.7 Å². The number of fused-ring (bicyclic) bond motifs is 3. The molecule has 7 atom stereocenters. The van der Waals surface area contributed by atoms with Gasteiger partial charge in [-0.15, -0.1) is 0 Å². The zero-order valence-corrected chi connectivity index (χ0v) is 31.9. The molecule has 2 unspecified atom stereocenters. The Morgan fingerprint density at radius 1 is 0.981 bits per heavy atom. The first-order valence-electron chi connectivity index (χ1n) is 19.7. The first-order chi connectivity index (χ1) is 25.8.